The highest BCUT2D eigenvalue weighted by atomic mass is 16.3. The molecule has 0 heterocycles. The fraction of sp³-hybridized carbons (Fsp3) is 0.300. The van der Waals surface area contributed by atoms with Gasteiger partial charge in [-0.15, -0.1) is 0 Å². The second-order valence-electron chi connectivity index (χ2n) is 6.60. The molecule has 5 heteroatoms. The zero-order valence-electron chi connectivity index (χ0n) is 14.7. The molecule has 2 rings (SSSR count). The average molecular weight is 336 g/mol. The summed E-state index contributed by atoms with van der Waals surface area (Å²) in [5.41, 5.74) is 2.01. The second kappa shape index (κ2) is 7.27. The Bertz CT molecular complexity index is 874. The predicted molar refractivity (Wildman–Crippen MR) is 96.3 cm³/mol. The molecule has 0 fully saturated rings. The summed E-state index contributed by atoms with van der Waals surface area (Å²) in [5.74, 6) is -0.0271. The summed E-state index contributed by atoms with van der Waals surface area (Å²) >= 11 is 0. The summed E-state index contributed by atoms with van der Waals surface area (Å²) in [6.45, 7) is 7.83. The lowest BCUT2D eigenvalue weighted by molar-refractivity contribution is 0.460. The molecule has 0 saturated carbocycles. The molecule has 2 aromatic rings. The maximum Gasteiger partial charge on any atom is 0.240 e. The molecule has 0 aromatic heterocycles. The van der Waals surface area contributed by atoms with Crippen LogP contribution in [0.4, 0.5) is 11.4 Å². The van der Waals surface area contributed by atoms with Crippen LogP contribution in [0.3, 0.4) is 0 Å². The molecule has 1 N–H and O–H groups in total. The van der Waals surface area contributed by atoms with Gasteiger partial charge in [0, 0.05) is 17.0 Å². The molecule has 0 aliphatic rings. The van der Waals surface area contributed by atoms with E-state index in [1.54, 1.807) is 0 Å². The number of isocyanates is 2. The molecular formula is C20H20N2O3. The summed E-state index contributed by atoms with van der Waals surface area (Å²) in [7, 11) is 0. The van der Waals surface area contributed by atoms with Crippen LogP contribution in [0.1, 0.15) is 50.3 Å². The van der Waals surface area contributed by atoms with E-state index in [2.05, 4.69) is 9.98 Å². The third-order valence-electron chi connectivity index (χ3n) is 4.32. The third kappa shape index (κ3) is 3.43. The molecule has 25 heavy (non-hydrogen) atoms. The summed E-state index contributed by atoms with van der Waals surface area (Å²) in [6, 6.07) is 11.0. The Morgan fingerprint density at radius 1 is 1.04 bits per heavy atom. The predicted octanol–water partition coefficient (Wildman–Crippen LogP) is 4.78. The topological polar surface area (TPSA) is 79.1 Å². The van der Waals surface area contributed by atoms with E-state index in [0.29, 0.717) is 11.1 Å². The monoisotopic (exact) mass is 336 g/mol. The molecule has 128 valence electrons. The van der Waals surface area contributed by atoms with Gasteiger partial charge in [0.2, 0.25) is 12.2 Å². The molecule has 0 amide bonds. The fourth-order valence-electron chi connectivity index (χ4n) is 3.17. The summed E-state index contributed by atoms with van der Waals surface area (Å²) in [4.78, 5) is 29.2. The highest BCUT2D eigenvalue weighted by molar-refractivity contribution is 5.78. The molecule has 2 aromatic carbocycles. The first-order valence-electron chi connectivity index (χ1n) is 7.96. The van der Waals surface area contributed by atoms with Gasteiger partial charge in [-0.2, -0.15) is 9.98 Å². The number of benzene rings is 2. The molecule has 0 saturated heterocycles. The molecule has 0 aliphatic carbocycles. The van der Waals surface area contributed by atoms with Gasteiger partial charge in [0.1, 0.15) is 17.1 Å². The van der Waals surface area contributed by atoms with Gasteiger partial charge in [-0.25, -0.2) is 9.59 Å². The Balaban J connectivity index is 2.99. The lowest BCUT2D eigenvalue weighted by Gasteiger charge is -2.31. The third-order valence-corrected chi connectivity index (χ3v) is 4.32. The van der Waals surface area contributed by atoms with E-state index in [-0.39, 0.29) is 23.0 Å². The Morgan fingerprint density at radius 2 is 1.64 bits per heavy atom. The van der Waals surface area contributed by atoms with Gasteiger partial charge >= 0.3 is 0 Å². The van der Waals surface area contributed by atoms with Crippen LogP contribution in [0.25, 0.3) is 0 Å². The van der Waals surface area contributed by atoms with Crippen LogP contribution in [0, 0.1) is 0 Å². The fourth-order valence-corrected chi connectivity index (χ4v) is 3.17. The maximum atomic E-state index is 11.0. The summed E-state index contributed by atoms with van der Waals surface area (Å²) < 4.78 is 0. The van der Waals surface area contributed by atoms with Crippen LogP contribution in [0.15, 0.2) is 46.4 Å². The van der Waals surface area contributed by atoms with Crippen LogP contribution < -0.4 is 0 Å². The first-order chi connectivity index (χ1) is 11.8. The van der Waals surface area contributed by atoms with Gasteiger partial charge < -0.3 is 5.11 Å². The minimum absolute atomic E-state index is 0.00727. The van der Waals surface area contributed by atoms with Crippen LogP contribution >= 0.6 is 0 Å². The Morgan fingerprint density at radius 3 is 2.16 bits per heavy atom. The van der Waals surface area contributed by atoms with Crippen molar-refractivity contribution < 1.29 is 14.7 Å². The van der Waals surface area contributed by atoms with E-state index in [0.717, 1.165) is 5.56 Å². The van der Waals surface area contributed by atoms with Crippen molar-refractivity contribution >= 4 is 23.5 Å². The molecule has 5 nitrogen and oxygen atoms in total. The molecule has 0 atom stereocenters. The first-order valence-corrected chi connectivity index (χ1v) is 7.96. The number of phenolic OH excluding ortho intramolecular Hbond substituents is 1. The van der Waals surface area contributed by atoms with Crippen LogP contribution in [0.2, 0.25) is 0 Å². The highest BCUT2D eigenvalue weighted by Gasteiger charge is 2.33. The quantitative estimate of drug-likeness (QED) is 0.630. The number of hydrogen-bond donors (Lipinski definition) is 1. The van der Waals surface area contributed by atoms with Gasteiger partial charge in [0.05, 0.1) is 0 Å². The SMILES string of the molecule is CC(C)c1c(O)cc(N=C=O)c(N=C=O)c1C(C)(C)c1ccccc1. The summed E-state index contributed by atoms with van der Waals surface area (Å²) in [6.07, 6.45) is 2.99. The Kier molecular flexibility index (Phi) is 5.33. The van der Waals surface area contributed by atoms with Crippen molar-refractivity contribution in [1.82, 2.24) is 0 Å². The number of aliphatic imine (C=N–C) groups is 2. The largest absolute Gasteiger partial charge is 0.508 e. The van der Waals surface area contributed by atoms with Crippen molar-refractivity contribution in [3.05, 3.63) is 53.1 Å². The number of nitrogens with zero attached hydrogens (tertiary/aromatic N) is 2. The number of aromatic hydroxyl groups is 1. The number of hydrogen-bond acceptors (Lipinski definition) is 5. The van der Waals surface area contributed by atoms with E-state index in [4.69, 9.17) is 0 Å². The molecule has 0 spiro atoms. The number of rotatable bonds is 5. The van der Waals surface area contributed by atoms with E-state index >= 15 is 0 Å². The Labute approximate surface area is 146 Å². The standard InChI is InChI=1S/C20H20N2O3/c1-13(2)17-16(25)10-15(21-11-23)19(22-12-24)18(17)20(3,4)14-8-6-5-7-9-14/h5-10,13,25H,1-4H3. The van der Waals surface area contributed by atoms with Crippen molar-refractivity contribution in [2.24, 2.45) is 9.98 Å². The maximum absolute atomic E-state index is 11.0. The lowest BCUT2D eigenvalue weighted by Crippen LogP contribution is -2.22. The normalized spacial score (nSPS) is 10.9. The summed E-state index contributed by atoms with van der Waals surface area (Å²) in [5, 5.41) is 10.5. The van der Waals surface area contributed by atoms with Gasteiger partial charge in [0.25, 0.3) is 0 Å². The van der Waals surface area contributed by atoms with Crippen molar-refractivity contribution in [2.75, 3.05) is 0 Å². The van der Waals surface area contributed by atoms with Gasteiger partial charge in [-0.3, -0.25) is 0 Å². The van der Waals surface area contributed by atoms with Crippen molar-refractivity contribution in [3.8, 4) is 5.75 Å². The lowest BCUT2D eigenvalue weighted by atomic mass is 9.73. The Hall–Kier alpha value is -3.00. The minimum atomic E-state index is -0.595. The van der Waals surface area contributed by atoms with Crippen LogP contribution in [-0.2, 0) is 15.0 Å². The van der Waals surface area contributed by atoms with Gasteiger partial charge in [0.15, 0.2) is 0 Å². The van der Waals surface area contributed by atoms with E-state index in [1.807, 2.05) is 58.0 Å². The first kappa shape index (κ1) is 18.3. The molecule has 0 aliphatic heterocycles. The van der Waals surface area contributed by atoms with Gasteiger partial charge in [-0.1, -0.05) is 58.0 Å². The molecule has 0 radical (unpaired) electrons. The van der Waals surface area contributed by atoms with Crippen molar-refractivity contribution in [3.63, 3.8) is 0 Å². The van der Waals surface area contributed by atoms with Crippen LogP contribution in [0.5, 0.6) is 5.75 Å². The molecular weight excluding hydrogens is 316 g/mol. The zero-order chi connectivity index (χ0) is 18.6. The van der Waals surface area contributed by atoms with Crippen LogP contribution in [-0.4, -0.2) is 17.3 Å². The average Bonchev–Trinajstić information content (AvgIpc) is 2.57. The van der Waals surface area contributed by atoms with E-state index in [9.17, 15) is 14.7 Å². The minimum Gasteiger partial charge on any atom is -0.508 e. The van der Waals surface area contributed by atoms with E-state index in [1.165, 1.54) is 18.2 Å². The van der Waals surface area contributed by atoms with Gasteiger partial charge in [-0.05, 0) is 17.0 Å². The number of carbonyl (C=O) groups excluding carboxylic acids is 2. The van der Waals surface area contributed by atoms with E-state index < -0.39 is 5.41 Å². The van der Waals surface area contributed by atoms with Crippen molar-refractivity contribution in [2.45, 2.75) is 39.0 Å². The molecule has 0 unspecified atom stereocenters. The second-order valence-corrected chi connectivity index (χ2v) is 6.60. The smallest absolute Gasteiger partial charge is 0.240 e. The number of phenols is 1. The molecule has 0 bridgehead atoms. The highest BCUT2D eigenvalue weighted by Crippen LogP contribution is 2.49. The van der Waals surface area contributed by atoms with Crippen molar-refractivity contribution in [1.29, 1.82) is 0 Å². The zero-order valence-corrected chi connectivity index (χ0v) is 14.7.